The average molecular weight is 453 g/mol. The Hall–Kier alpha value is -3.19. The molecule has 3 aromatic rings. The third kappa shape index (κ3) is 3.56. The topological polar surface area (TPSA) is 71.8 Å². The molecule has 1 atom stereocenters. The van der Waals surface area contributed by atoms with E-state index in [2.05, 4.69) is 16.8 Å². The molecule has 1 aromatic carbocycles. The minimum atomic E-state index is -0.545. The van der Waals surface area contributed by atoms with E-state index in [0.29, 0.717) is 22.0 Å². The Morgan fingerprint density at radius 1 is 1.25 bits per heavy atom. The van der Waals surface area contributed by atoms with Gasteiger partial charge in [-0.2, -0.15) is 0 Å². The van der Waals surface area contributed by atoms with Crippen molar-refractivity contribution in [2.75, 3.05) is 4.90 Å². The van der Waals surface area contributed by atoms with Gasteiger partial charge in [-0.25, -0.2) is 4.39 Å². The fourth-order valence-electron chi connectivity index (χ4n) is 4.27. The largest absolute Gasteiger partial charge is 0.397 e. The summed E-state index contributed by atoms with van der Waals surface area (Å²) in [7, 11) is 0. The molecule has 4 rings (SSSR count). The monoisotopic (exact) mass is 452 g/mol. The van der Waals surface area contributed by atoms with Gasteiger partial charge in [0.05, 0.1) is 23.1 Å². The number of hydrogen-bond acceptors (Lipinski definition) is 5. The number of pyridine rings is 1. The first kappa shape index (κ1) is 22.0. The highest BCUT2D eigenvalue weighted by atomic mass is 35.5. The summed E-state index contributed by atoms with van der Waals surface area (Å²) in [5.41, 5.74) is 12.1. The lowest BCUT2D eigenvalue weighted by atomic mass is 9.95. The Labute approximate surface area is 191 Å². The molecule has 0 fully saturated rings. The van der Waals surface area contributed by atoms with Gasteiger partial charge in [-0.15, -0.1) is 10.2 Å². The minimum absolute atomic E-state index is 0.0617. The molecule has 6 nitrogen and oxygen atoms in total. The van der Waals surface area contributed by atoms with Crippen LogP contribution < -0.4 is 10.6 Å². The second-order valence-electron chi connectivity index (χ2n) is 8.34. The van der Waals surface area contributed by atoms with Crippen LogP contribution in [-0.2, 0) is 0 Å². The molecule has 2 aromatic heterocycles. The number of aliphatic imine (C=N–C) groups is 1. The van der Waals surface area contributed by atoms with Gasteiger partial charge >= 0.3 is 0 Å². The van der Waals surface area contributed by atoms with Crippen molar-refractivity contribution in [1.29, 1.82) is 0 Å². The van der Waals surface area contributed by atoms with Crippen molar-refractivity contribution in [3.8, 4) is 0 Å². The average Bonchev–Trinajstić information content (AvgIpc) is 3.19. The highest BCUT2D eigenvalue weighted by molar-refractivity contribution is 6.30. The summed E-state index contributed by atoms with van der Waals surface area (Å²) in [5, 5.41) is 8.75. The van der Waals surface area contributed by atoms with Gasteiger partial charge in [0.1, 0.15) is 11.6 Å². The fourth-order valence-corrected chi connectivity index (χ4v) is 4.43. The summed E-state index contributed by atoms with van der Waals surface area (Å²) in [6.07, 6.45) is 1.93. The first-order valence-electron chi connectivity index (χ1n) is 10.4. The second kappa shape index (κ2) is 8.06. The summed E-state index contributed by atoms with van der Waals surface area (Å²) in [5.74, 6) is 0.339. The van der Waals surface area contributed by atoms with Crippen LogP contribution in [0.25, 0.3) is 5.65 Å². The van der Waals surface area contributed by atoms with Gasteiger partial charge in [-0.1, -0.05) is 24.2 Å². The lowest BCUT2D eigenvalue weighted by Gasteiger charge is -2.30. The van der Waals surface area contributed by atoms with Crippen LogP contribution in [0.15, 0.2) is 59.0 Å². The number of nitrogens with zero attached hydrogens (tertiary/aromatic N) is 5. The summed E-state index contributed by atoms with van der Waals surface area (Å²) in [6.45, 7) is 14.0. The summed E-state index contributed by atoms with van der Waals surface area (Å²) in [4.78, 5) is 6.65. The minimum Gasteiger partial charge on any atom is -0.397 e. The van der Waals surface area contributed by atoms with Gasteiger partial charge < -0.3 is 10.6 Å². The molecular formula is C24H26ClFN6. The van der Waals surface area contributed by atoms with Crippen LogP contribution in [0.4, 0.5) is 10.1 Å². The molecular weight excluding hydrogens is 427 g/mol. The maximum Gasteiger partial charge on any atom is 0.163 e. The van der Waals surface area contributed by atoms with Crippen LogP contribution in [0, 0.1) is 19.7 Å². The van der Waals surface area contributed by atoms with Crippen molar-refractivity contribution in [2.24, 2.45) is 10.7 Å². The van der Waals surface area contributed by atoms with Crippen LogP contribution >= 0.6 is 11.6 Å². The maximum atomic E-state index is 15.2. The third-order valence-electron chi connectivity index (χ3n) is 5.65. The number of rotatable bonds is 4. The lowest BCUT2D eigenvalue weighted by molar-refractivity contribution is 0.598. The standard InChI is InChI=1S/C24H26ClFN6/c1-12(2)28-14(4)21-22(27)15(5)32(23(21)19-8-7-17(25)10-20(19)26)18-9-13(3)24-30-29-16(6)31(24)11-18/h7-12,23H,5,27H2,1-4,6H3. The molecule has 166 valence electrons. The number of nitrogens with two attached hydrogens (primary N) is 1. The molecule has 8 heteroatoms. The number of fused-ring (bicyclic) bond motifs is 1. The van der Waals surface area contributed by atoms with Gasteiger partial charge in [-0.3, -0.25) is 9.39 Å². The highest BCUT2D eigenvalue weighted by Crippen LogP contribution is 2.45. The van der Waals surface area contributed by atoms with E-state index in [1.54, 1.807) is 12.1 Å². The molecule has 0 spiro atoms. The Morgan fingerprint density at radius 2 is 1.97 bits per heavy atom. The Kier molecular flexibility index (Phi) is 5.54. The number of hydrogen-bond donors (Lipinski definition) is 1. The smallest absolute Gasteiger partial charge is 0.163 e. The van der Waals surface area contributed by atoms with Crippen LogP contribution in [0.5, 0.6) is 0 Å². The van der Waals surface area contributed by atoms with Gasteiger partial charge in [0, 0.05) is 34.1 Å². The molecule has 0 saturated heterocycles. The zero-order valence-electron chi connectivity index (χ0n) is 18.8. The zero-order chi connectivity index (χ0) is 23.3. The van der Waals surface area contributed by atoms with E-state index in [-0.39, 0.29) is 6.04 Å². The first-order chi connectivity index (χ1) is 15.1. The molecule has 3 heterocycles. The van der Waals surface area contributed by atoms with Crippen molar-refractivity contribution in [3.63, 3.8) is 0 Å². The Balaban J connectivity index is 1.97. The van der Waals surface area contributed by atoms with Gasteiger partial charge in [0.25, 0.3) is 0 Å². The Morgan fingerprint density at radius 3 is 2.62 bits per heavy atom. The summed E-state index contributed by atoms with van der Waals surface area (Å²) >= 11 is 6.04. The quantitative estimate of drug-likeness (QED) is 0.545. The van der Waals surface area contributed by atoms with Crippen molar-refractivity contribution in [1.82, 2.24) is 14.6 Å². The number of anilines is 1. The van der Waals surface area contributed by atoms with Crippen molar-refractivity contribution >= 4 is 28.6 Å². The maximum absolute atomic E-state index is 15.2. The SMILES string of the molecule is C=C1C(N)=C(C(C)=NC(C)C)C(c2ccc(Cl)cc2F)N1c1cc(C)c2nnc(C)n2c1. The van der Waals surface area contributed by atoms with E-state index in [1.807, 2.05) is 56.2 Å². The summed E-state index contributed by atoms with van der Waals surface area (Å²) < 4.78 is 17.1. The van der Waals surface area contributed by atoms with E-state index in [1.165, 1.54) is 6.07 Å². The molecule has 1 unspecified atom stereocenters. The van der Waals surface area contributed by atoms with E-state index >= 15 is 4.39 Å². The molecule has 0 aliphatic carbocycles. The molecule has 0 bridgehead atoms. The molecule has 2 N–H and O–H groups in total. The lowest BCUT2D eigenvalue weighted by Crippen LogP contribution is -2.26. The van der Waals surface area contributed by atoms with Crippen molar-refractivity contribution < 1.29 is 4.39 Å². The molecule has 1 aliphatic rings. The summed E-state index contributed by atoms with van der Waals surface area (Å²) in [6, 6.07) is 6.19. The van der Waals surface area contributed by atoms with Crippen LogP contribution in [0.2, 0.25) is 5.02 Å². The molecule has 0 amide bonds. The molecule has 0 radical (unpaired) electrons. The highest BCUT2D eigenvalue weighted by Gasteiger charge is 2.39. The van der Waals surface area contributed by atoms with E-state index in [9.17, 15) is 0 Å². The van der Waals surface area contributed by atoms with Crippen molar-refractivity contribution in [2.45, 2.75) is 46.7 Å². The van der Waals surface area contributed by atoms with Crippen LogP contribution in [0.3, 0.4) is 0 Å². The normalized spacial score (nSPS) is 17.4. The predicted octanol–water partition coefficient (Wildman–Crippen LogP) is 5.30. The zero-order valence-corrected chi connectivity index (χ0v) is 19.6. The number of aryl methyl sites for hydroxylation is 2. The van der Waals surface area contributed by atoms with Crippen LogP contribution in [-0.4, -0.2) is 26.4 Å². The third-order valence-corrected chi connectivity index (χ3v) is 5.88. The van der Waals surface area contributed by atoms with E-state index in [0.717, 1.165) is 34.0 Å². The van der Waals surface area contributed by atoms with E-state index < -0.39 is 11.9 Å². The number of aromatic nitrogens is 3. The van der Waals surface area contributed by atoms with Gasteiger partial charge in [0.15, 0.2) is 5.65 Å². The van der Waals surface area contributed by atoms with Gasteiger partial charge in [0.2, 0.25) is 0 Å². The van der Waals surface area contributed by atoms with Crippen molar-refractivity contribution in [3.05, 3.63) is 81.8 Å². The molecule has 0 saturated carbocycles. The first-order valence-corrected chi connectivity index (χ1v) is 10.8. The van der Waals surface area contributed by atoms with Gasteiger partial charge in [-0.05, 0) is 58.4 Å². The number of halogens is 2. The molecule has 1 aliphatic heterocycles. The molecule has 32 heavy (non-hydrogen) atoms. The predicted molar refractivity (Wildman–Crippen MR) is 128 cm³/mol. The van der Waals surface area contributed by atoms with E-state index in [4.69, 9.17) is 22.3 Å². The van der Waals surface area contributed by atoms with Crippen LogP contribution in [0.1, 0.15) is 43.8 Å². The number of benzene rings is 1. The second-order valence-corrected chi connectivity index (χ2v) is 8.78. The Bertz CT molecular complexity index is 1300. The fraction of sp³-hybridized carbons (Fsp3) is 0.292.